The summed E-state index contributed by atoms with van der Waals surface area (Å²) >= 11 is 0. The van der Waals surface area contributed by atoms with E-state index < -0.39 is 0 Å². The van der Waals surface area contributed by atoms with E-state index in [0.717, 1.165) is 13.1 Å². The molecular formula is C16H21N3O2. The average Bonchev–Trinajstić information content (AvgIpc) is 2.45. The highest BCUT2D eigenvalue weighted by Crippen LogP contribution is 2.16. The van der Waals surface area contributed by atoms with Crippen molar-refractivity contribution in [3.8, 4) is 6.07 Å². The van der Waals surface area contributed by atoms with Crippen LogP contribution in [0.15, 0.2) is 24.3 Å². The predicted octanol–water partition coefficient (Wildman–Crippen LogP) is 1.99. The van der Waals surface area contributed by atoms with Crippen LogP contribution in [-0.4, -0.2) is 42.1 Å². The Balaban J connectivity index is 2.00. The van der Waals surface area contributed by atoms with Gasteiger partial charge in [-0.15, -0.1) is 0 Å². The maximum atomic E-state index is 12.3. The Kier molecular flexibility index (Phi) is 4.94. The quantitative estimate of drug-likeness (QED) is 0.923. The van der Waals surface area contributed by atoms with Crippen LogP contribution in [0.5, 0.6) is 0 Å². The average molecular weight is 287 g/mol. The van der Waals surface area contributed by atoms with Crippen LogP contribution >= 0.6 is 0 Å². The van der Waals surface area contributed by atoms with E-state index in [0.29, 0.717) is 11.3 Å². The number of carbonyl (C=O) groups is 1. The van der Waals surface area contributed by atoms with Crippen molar-refractivity contribution in [1.82, 2.24) is 4.90 Å². The van der Waals surface area contributed by atoms with E-state index in [4.69, 9.17) is 10.00 Å². The minimum absolute atomic E-state index is 0.0635. The molecule has 1 N–H and O–H groups in total. The fraction of sp³-hybridized carbons (Fsp3) is 0.500. The molecule has 2 rings (SSSR count). The van der Waals surface area contributed by atoms with Gasteiger partial charge in [-0.2, -0.15) is 5.26 Å². The summed E-state index contributed by atoms with van der Waals surface area (Å²) in [6, 6.07) is 8.77. The van der Waals surface area contributed by atoms with Crippen molar-refractivity contribution in [3.63, 3.8) is 0 Å². The van der Waals surface area contributed by atoms with Gasteiger partial charge in [0.2, 0.25) is 5.91 Å². The van der Waals surface area contributed by atoms with E-state index in [9.17, 15) is 4.79 Å². The number of morpholine rings is 1. The highest BCUT2D eigenvalue weighted by molar-refractivity contribution is 5.94. The molecule has 0 unspecified atom stereocenters. The molecule has 3 atom stereocenters. The number of rotatable bonds is 3. The number of amides is 1. The normalized spacial score (nSPS) is 24.1. The fourth-order valence-corrected chi connectivity index (χ4v) is 2.61. The highest BCUT2D eigenvalue weighted by atomic mass is 16.5. The third-order valence-corrected chi connectivity index (χ3v) is 3.63. The molecule has 0 aromatic heterocycles. The van der Waals surface area contributed by atoms with Gasteiger partial charge in [0.1, 0.15) is 0 Å². The topological polar surface area (TPSA) is 65.4 Å². The number of anilines is 1. The molecule has 5 heteroatoms. The fourth-order valence-electron chi connectivity index (χ4n) is 2.61. The lowest BCUT2D eigenvalue weighted by Gasteiger charge is -2.38. The van der Waals surface area contributed by atoms with Crippen LogP contribution in [0.1, 0.15) is 26.3 Å². The Bertz CT molecular complexity index is 543. The Morgan fingerprint density at radius 1 is 1.43 bits per heavy atom. The van der Waals surface area contributed by atoms with Crippen LogP contribution in [0.25, 0.3) is 0 Å². The minimum atomic E-state index is -0.232. The molecule has 112 valence electrons. The maximum Gasteiger partial charge on any atom is 0.241 e. The number of carbonyl (C=O) groups excluding carboxylic acids is 1. The second-order valence-electron chi connectivity index (χ2n) is 5.57. The molecule has 1 aliphatic heterocycles. The molecule has 1 aliphatic rings. The highest BCUT2D eigenvalue weighted by Gasteiger charge is 2.29. The number of nitrogens with zero attached hydrogens (tertiary/aromatic N) is 2. The SMILES string of the molecule is C[C@H](C(=O)Nc1cccc(C#N)c1)N1C[C@H](C)O[C@@H](C)C1. The standard InChI is InChI=1S/C16H21N3O2/c1-11-9-19(10-12(2)21-11)13(3)16(20)18-15-6-4-5-14(7-15)8-17/h4-7,11-13H,9-10H2,1-3H3,(H,18,20)/t11-,12-,13+/m0/s1. The van der Waals surface area contributed by atoms with Crippen LogP contribution < -0.4 is 5.32 Å². The summed E-state index contributed by atoms with van der Waals surface area (Å²) < 4.78 is 5.69. The maximum absolute atomic E-state index is 12.3. The van der Waals surface area contributed by atoms with Gasteiger partial charge in [-0.1, -0.05) is 6.07 Å². The van der Waals surface area contributed by atoms with Crippen molar-refractivity contribution < 1.29 is 9.53 Å². The van der Waals surface area contributed by atoms with E-state index in [1.807, 2.05) is 20.8 Å². The zero-order valence-electron chi connectivity index (χ0n) is 12.7. The van der Waals surface area contributed by atoms with Crippen LogP contribution in [0.2, 0.25) is 0 Å². The summed E-state index contributed by atoms with van der Waals surface area (Å²) in [6.45, 7) is 7.43. The molecule has 0 radical (unpaired) electrons. The van der Waals surface area contributed by atoms with Gasteiger partial charge in [0, 0.05) is 18.8 Å². The number of hydrogen-bond acceptors (Lipinski definition) is 4. The van der Waals surface area contributed by atoms with Gasteiger partial charge >= 0.3 is 0 Å². The summed E-state index contributed by atoms with van der Waals surface area (Å²) in [7, 11) is 0. The first kappa shape index (κ1) is 15.5. The van der Waals surface area contributed by atoms with Crippen molar-refractivity contribution >= 4 is 11.6 Å². The van der Waals surface area contributed by atoms with Crippen molar-refractivity contribution in [1.29, 1.82) is 5.26 Å². The minimum Gasteiger partial charge on any atom is -0.373 e. The molecule has 1 fully saturated rings. The van der Waals surface area contributed by atoms with Gasteiger partial charge in [-0.3, -0.25) is 9.69 Å². The van der Waals surface area contributed by atoms with Gasteiger partial charge in [0.15, 0.2) is 0 Å². The first-order valence-electron chi connectivity index (χ1n) is 7.20. The van der Waals surface area contributed by atoms with Gasteiger partial charge in [0.25, 0.3) is 0 Å². The molecule has 1 saturated heterocycles. The van der Waals surface area contributed by atoms with Crippen LogP contribution in [0.4, 0.5) is 5.69 Å². The monoisotopic (exact) mass is 287 g/mol. The molecule has 21 heavy (non-hydrogen) atoms. The van der Waals surface area contributed by atoms with E-state index in [1.165, 1.54) is 0 Å². The molecule has 0 spiro atoms. The molecule has 1 aromatic rings. The van der Waals surface area contributed by atoms with E-state index >= 15 is 0 Å². The van der Waals surface area contributed by atoms with Gasteiger partial charge in [0.05, 0.1) is 29.9 Å². The van der Waals surface area contributed by atoms with Crippen molar-refractivity contribution in [3.05, 3.63) is 29.8 Å². The van der Waals surface area contributed by atoms with Crippen molar-refractivity contribution in [2.45, 2.75) is 39.0 Å². The zero-order valence-corrected chi connectivity index (χ0v) is 12.7. The summed E-state index contributed by atoms with van der Waals surface area (Å²) in [5, 5.41) is 11.8. The van der Waals surface area contributed by atoms with E-state index in [-0.39, 0.29) is 24.2 Å². The van der Waals surface area contributed by atoms with Crippen molar-refractivity contribution in [2.75, 3.05) is 18.4 Å². The number of hydrogen-bond donors (Lipinski definition) is 1. The number of nitriles is 1. The van der Waals surface area contributed by atoms with Gasteiger partial charge < -0.3 is 10.1 Å². The lowest BCUT2D eigenvalue weighted by Crippen LogP contribution is -2.52. The summed E-state index contributed by atoms with van der Waals surface area (Å²) in [6.07, 6.45) is 0.261. The lowest BCUT2D eigenvalue weighted by atomic mass is 10.1. The number of ether oxygens (including phenoxy) is 1. The molecule has 1 aromatic carbocycles. The van der Waals surface area contributed by atoms with E-state index in [2.05, 4.69) is 16.3 Å². The van der Waals surface area contributed by atoms with Crippen LogP contribution in [0.3, 0.4) is 0 Å². The number of benzene rings is 1. The van der Waals surface area contributed by atoms with E-state index in [1.54, 1.807) is 24.3 Å². The predicted molar refractivity (Wildman–Crippen MR) is 80.8 cm³/mol. The Morgan fingerprint density at radius 2 is 2.10 bits per heavy atom. The second-order valence-corrected chi connectivity index (χ2v) is 5.57. The first-order valence-corrected chi connectivity index (χ1v) is 7.20. The molecule has 0 saturated carbocycles. The summed E-state index contributed by atoms with van der Waals surface area (Å²) in [4.78, 5) is 14.5. The van der Waals surface area contributed by atoms with Gasteiger partial charge in [-0.25, -0.2) is 0 Å². The third-order valence-electron chi connectivity index (χ3n) is 3.63. The van der Waals surface area contributed by atoms with Crippen molar-refractivity contribution in [2.24, 2.45) is 0 Å². The summed E-state index contributed by atoms with van der Waals surface area (Å²) in [5.41, 5.74) is 1.19. The van der Waals surface area contributed by atoms with Crippen LogP contribution in [0, 0.1) is 11.3 Å². The van der Waals surface area contributed by atoms with Crippen LogP contribution in [-0.2, 0) is 9.53 Å². The second kappa shape index (κ2) is 6.70. The Morgan fingerprint density at radius 3 is 2.71 bits per heavy atom. The lowest BCUT2D eigenvalue weighted by molar-refractivity contribution is -0.126. The molecule has 1 amide bonds. The zero-order chi connectivity index (χ0) is 15.4. The molecular weight excluding hydrogens is 266 g/mol. The number of nitrogens with one attached hydrogen (secondary N) is 1. The first-order chi connectivity index (χ1) is 9.99. The smallest absolute Gasteiger partial charge is 0.241 e. The molecule has 1 heterocycles. The molecule has 5 nitrogen and oxygen atoms in total. The summed E-state index contributed by atoms with van der Waals surface area (Å²) in [5.74, 6) is -0.0635. The third kappa shape index (κ3) is 4.03. The Hall–Kier alpha value is -1.90. The Labute approximate surface area is 125 Å². The molecule has 0 bridgehead atoms. The van der Waals surface area contributed by atoms with Gasteiger partial charge in [-0.05, 0) is 39.0 Å². The largest absolute Gasteiger partial charge is 0.373 e. The molecule has 0 aliphatic carbocycles.